The maximum absolute atomic E-state index is 4.98. The summed E-state index contributed by atoms with van der Waals surface area (Å²) in [5.74, 6) is 0.943. The number of aromatic nitrogens is 2. The molecule has 2 heterocycles. The predicted octanol–water partition coefficient (Wildman–Crippen LogP) is -0.105. The first-order valence-electron chi connectivity index (χ1n) is 4.73. The molecule has 76 valence electrons. The number of piperazine rings is 1. The van der Waals surface area contributed by atoms with Gasteiger partial charge in [0.2, 0.25) is 0 Å². The molecule has 0 atom stereocenters. The summed E-state index contributed by atoms with van der Waals surface area (Å²) in [5, 5.41) is 3.30. The highest BCUT2D eigenvalue weighted by Gasteiger charge is 2.11. The molecule has 0 spiro atoms. The van der Waals surface area contributed by atoms with Crippen LogP contribution in [0.5, 0.6) is 6.01 Å². The van der Waals surface area contributed by atoms with Crippen molar-refractivity contribution in [3.63, 3.8) is 0 Å². The lowest BCUT2D eigenvalue weighted by atomic mass is 10.3. The molecule has 0 unspecified atom stereocenters. The predicted molar refractivity (Wildman–Crippen MR) is 53.7 cm³/mol. The van der Waals surface area contributed by atoms with Gasteiger partial charge in [-0.05, 0) is 6.07 Å². The second kappa shape index (κ2) is 4.23. The Morgan fingerprint density at radius 2 is 2.21 bits per heavy atom. The lowest BCUT2D eigenvalue weighted by Crippen LogP contribution is -2.43. The average molecular weight is 194 g/mol. The molecule has 1 aromatic rings. The summed E-state index contributed by atoms with van der Waals surface area (Å²) in [7, 11) is 1.58. The fraction of sp³-hybridized carbons (Fsp3) is 0.556. The molecule has 1 aromatic heterocycles. The Kier molecular flexibility index (Phi) is 2.78. The lowest BCUT2D eigenvalue weighted by molar-refractivity contribution is 0.379. The lowest BCUT2D eigenvalue weighted by Gasteiger charge is -2.28. The summed E-state index contributed by atoms with van der Waals surface area (Å²) in [5.41, 5.74) is 0. The Labute approximate surface area is 83.1 Å². The van der Waals surface area contributed by atoms with Crippen molar-refractivity contribution in [1.82, 2.24) is 15.3 Å². The molecule has 1 N–H and O–H groups in total. The second-order valence-electron chi connectivity index (χ2n) is 3.14. The van der Waals surface area contributed by atoms with Crippen LogP contribution in [0, 0.1) is 0 Å². The van der Waals surface area contributed by atoms with Gasteiger partial charge >= 0.3 is 6.01 Å². The minimum absolute atomic E-state index is 0.432. The number of anilines is 1. The standard InChI is InChI=1S/C9H14N4O/c1-14-9-11-3-2-8(12-9)13-6-4-10-5-7-13/h2-3,10H,4-7H2,1H3. The quantitative estimate of drug-likeness (QED) is 0.712. The molecule has 5 heteroatoms. The third-order valence-corrected chi connectivity index (χ3v) is 2.24. The van der Waals surface area contributed by atoms with Gasteiger partial charge < -0.3 is 15.0 Å². The van der Waals surface area contributed by atoms with Crippen molar-refractivity contribution in [2.75, 3.05) is 38.2 Å². The van der Waals surface area contributed by atoms with E-state index in [-0.39, 0.29) is 0 Å². The van der Waals surface area contributed by atoms with E-state index >= 15 is 0 Å². The first-order chi connectivity index (χ1) is 6.90. The van der Waals surface area contributed by atoms with Crippen molar-refractivity contribution in [1.29, 1.82) is 0 Å². The number of nitrogens with zero attached hydrogens (tertiary/aromatic N) is 3. The molecule has 0 radical (unpaired) electrons. The summed E-state index contributed by atoms with van der Waals surface area (Å²) in [4.78, 5) is 10.5. The van der Waals surface area contributed by atoms with E-state index in [0.29, 0.717) is 6.01 Å². The van der Waals surface area contributed by atoms with Crippen molar-refractivity contribution >= 4 is 5.82 Å². The van der Waals surface area contributed by atoms with Crippen molar-refractivity contribution in [3.05, 3.63) is 12.3 Å². The van der Waals surface area contributed by atoms with E-state index in [1.54, 1.807) is 13.3 Å². The van der Waals surface area contributed by atoms with Crippen LogP contribution in [0.15, 0.2) is 12.3 Å². The van der Waals surface area contributed by atoms with Crippen LogP contribution in [-0.4, -0.2) is 43.3 Å². The first kappa shape index (κ1) is 9.21. The maximum Gasteiger partial charge on any atom is 0.318 e. The highest BCUT2D eigenvalue weighted by Crippen LogP contribution is 2.13. The first-order valence-corrected chi connectivity index (χ1v) is 4.73. The van der Waals surface area contributed by atoms with Crippen LogP contribution in [0.3, 0.4) is 0 Å². The molecule has 0 saturated carbocycles. The second-order valence-corrected chi connectivity index (χ2v) is 3.14. The molecule has 1 fully saturated rings. The molecule has 1 saturated heterocycles. The number of rotatable bonds is 2. The van der Waals surface area contributed by atoms with Crippen molar-refractivity contribution in [3.8, 4) is 6.01 Å². The van der Waals surface area contributed by atoms with Gasteiger partial charge in [0.25, 0.3) is 0 Å². The Bertz CT molecular complexity index is 299. The molecule has 14 heavy (non-hydrogen) atoms. The molecule has 0 aliphatic carbocycles. The van der Waals surface area contributed by atoms with Gasteiger partial charge in [-0.25, -0.2) is 4.98 Å². The van der Waals surface area contributed by atoms with Gasteiger partial charge in [-0.1, -0.05) is 0 Å². The van der Waals surface area contributed by atoms with E-state index in [1.165, 1.54) is 0 Å². The number of nitrogens with one attached hydrogen (secondary N) is 1. The molecule has 0 aromatic carbocycles. The maximum atomic E-state index is 4.98. The van der Waals surface area contributed by atoms with Crippen LogP contribution in [-0.2, 0) is 0 Å². The summed E-state index contributed by atoms with van der Waals surface area (Å²) < 4.78 is 4.98. The van der Waals surface area contributed by atoms with Crippen molar-refractivity contribution in [2.24, 2.45) is 0 Å². The smallest absolute Gasteiger partial charge is 0.318 e. The van der Waals surface area contributed by atoms with Gasteiger partial charge in [0, 0.05) is 32.4 Å². The van der Waals surface area contributed by atoms with Crippen LogP contribution in [0.25, 0.3) is 0 Å². The third-order valence-electron chi connectivity index (χ3n) is 2.24. The van der Waals surface area contributed by atoms with Crippen molar-refractivity contribution in [2.45, 2.75) is 0 Å². The fourth-order valence-corrected chi connectivity index (χ4v) is 1.50. The zero-order chi connectivity index (χ0) is 9.80. The van der Waals surface area contributed by atoms with E-state index in [1.807, 2.05) is 6.07 Å². The monoisotopic (exact) mass is 194 g/mol. The third kappa shape index (κ3) is 1.93. The normalized spacial score (nSPS) is 16.8. The van der Waals surface area contributed by atoms with Gasteiger partial charge in [-0.3, -0.25) is 0 Å². The number of ether oxygens (including phenoxy) is 1. The van der Waals surface area contributed by atoms with E-state index < -0.39 is 0 Å². The molecular formula is C9H14N4O. The number of hydrogen-bond acceptors (Lipinski definition) is 5. The molecule has 5 nitrogen and oxygen atoms in total. The van der Waals surface area contributed by atoms with Crippen LogP contribution in [0.1, 0.15) is 0 Å². The van der Waals surface area contributed by atoms with Crippen LogP contribution in [0.2, 0.25) is 0 Å². The van der Waals surface area contributed by atoms with Gasteiger partial charge in [0.15, 0.2) is 0 Å². The summed E-state index contributed by atoms with van der Waals surface area (Å²) in [6.45, 7) is 3.99. The van der Waals surface area contributed by atoms with E-state index in [2.05, 4.69) is 20.2 Å². The Hall–Kier alpha value is -1.36. The molecule has 1 aliphatic rings. The van der Waals surface area contributed by atoms with Crippen LogP contribution in [0.4, 0.5) is 5.82 Å². The molecule has 0 bridgehead atoms. The number of hydrogen-bond donors (Lipinski definition) is 1. The highest BCUT2D eigenvalue weighted by atomic mass is 16.5. The van der Waals surface area contributed by atoms with Crippen LogP contribution >= 0.6 is 0 Å². The van der Waals surface area contributed by atoms with Crippen molar-refractivity contribution < 1.29 is 4.74 Å². The zero-order valence-corrected chi connectivity index (χ0v) is 8.23. The fourth-order valence-electron chi connectivity index (χ4n) is 1.50. The van der Waals surface area contributed by atoms with E-state index in [9.17, 15) is 0 Å². The van der Waals surface area contributed by atoms with Gasteiger partial charge in [0.05, 0.1) is 7.11 Å². The van der Waals surface area contributed by atoms with Crippen LogP contribution < -0.4 is 15.0 Å². The van der Waals surface area contributed by atoms with Gasteiger partial charge in [-0.2, -0.15) is 4.98 Å². The largest absolute Gasteiger partial charge is 0.467 e. The Morgan fingerprint density at radius 1 is 1.43 bits per heavy atom. The average Bonchev–Trinajstić information content (AvgIpc) is 2.30. The zero-order valence-electron chi connectivity index (χ0n) is 8.23. The summed E-state index contributed by atoms with van der Waals surface area (Å²) in [6, 6.07) is 2.34. The summed E-state index contributed by atoms with van der Waals surface area (Å²) >= 11 is 0. The molecule has 1 aliphatic heterocycles. The Balaban J connectivity index is 2.13. The minimum atomic E-state index is 0.432. The Morgan fingerprint density at radius 3 is 2.93 bits per heavy atom. The van der Waals surface area contributed by atoms with Gasteiger partial charge in [0.1, 0.15) is 5.82 Å². The van der Waals surface area contributed by atoms with Gasteiger partial charge in [-0.15, -0.1) is 0 Å². The molecular weight excluding hydrogens is 180 g/mol. The highest BCUT2D eigenvalue weighted by molar-refractivity contribution is 5.38. The van der Waals surface area contributed by atoms with E-state index in [4.69, 9.17) is 4.74 Å². The molecule has 2 rings (SSSR count). The topological polar surface area (TPSA) is 50.3 Å². The number of methoxy groups -OCH3 is 1. The minimum Gasteiger partial charge on any atom is -0.467 e. The summed E-state index contributed by atoms with van der Waals surface area (Å²) in [6.07, 6.45) is 1.73. The SMILES string of the molecule is COc1nccc(N2CCNCC2)n1. The van der Waals surface area contributed by atoms with E-state index in [0.717, 1.165) is 32.0 Å². The molecule has 0 amide bonds.